The molecule has 0 aliphatic rings. The zero-order valence-electron chi connectivity index (χ0n) is 9.55. The molecule has 17 heavy (non-hydrogen) atoms. The molecule has 0 aromatic carbocycles. The number of hydrogen-bond donors (Lipinski definition) is 0. The van der Waals surface area contributed by atoms with E-state index in [1.807, 2.05) is 24.6 Å². The van der Waals surface area contributed by atoms with Crippen LogP contribution in [0.3, 0.4) is 0 Å². The van der Waals surface area contributed by atoms with Crippen molar-refractivity contribution in [2.45, 2.75) is 20.4 Å². The summed E-state index contributed by atoms with van der Waals surface area (Å²) in [6.07, 6.45) is 1.78. The minimum Gasteiger partial charge on any atom is -0.265 e. The Morgan fingerprint density at radius 1 is 1.24 bits per heavy atom. The van der Waals surface area contributed by atoms with Gasteiger partial charge in [-0.3, -0.25) is 4.68 Å². The average Bonchev–Trinajstić information content (AvgIpc) is 2.49. The fraction of sp³-hybridized carbons (Fsp3) is 0.273. The number of pyridine rings is 1. The van der Waals surface area contributed by atoms with E-state index in [0.29, 0.717) is 5.15 Å². The van der Waals surface area contributed by atoms with Gasteiger partial charge in [0, 0.05) is 11.9 Å². The van der Waals surface area contributed by atoms with E-state index < -0.39 is 0 Å². The summed E-state index contributed by atoms with van der Waals surface area (Å²) in [5, 5.41) is 4.90. The molecule has 0 unspecified atom stereocenters. The first-order valence-electron chi connectivity index (χ1n) is 4.76. The van der Waals surface area contributed by atoms with Gasteiger partial charge in [0.05, 0.1) is 12.2 Å². The lowest BCUT2D eigenvalue weighted by molar-refractivity contribution is 0.657. The summed E-state index contributed by atoms with van der Waals surface area (Å²) in [6, 6.07) is 5.82. The van der Waals surface area contributed by atoms with Crippen LogP contribution in [0.2, 0.25) is 5.15 Å². The highest BCUT2D eigenvalue weighted by atomic mass is 35.5. The zero-order valence-corrected chi connectivity index (χ0v) is 11.9. The number of nitrogens with zero attached hydrogens (tertiary/aromatic N) is 3. The van der Waals surface area contributed by atoms with Gasteiger partial charge in [-0.05, 0) is 31.5 Å². The summed E-state index contributed by atoms with van der Waals surface area (Å²) in [5.41, 5.74) is 3.29. The minimum absolute atomic E-state index is 0. The summed E-state index contributed by atoms with van der Waals surface area (Å²) < 4.78 is 1.96. The molecule has 0 N–H and O–H groups in total. The SMILES string of the molecule is Cc1cc(C)n(Cc2ccc(Cl)nc2)n1.Cl.Cl. The summed E-state index contributed by atoms with van der Waals surface area (Å²) in [7, 11) is 0. The molecular weight excluding hydrogens is 281 g/mol. The molecule has 3 nitrogen and oxygen atoms in total. The van der Waals surface area contributed by atoms with Gasteiger partial charge in [-0.2, -0.15) is 5.10 Å². The van der Waals surface area contributed by atoms with Crippen LogP contribution >= 0.6 is 36.4 Å². The number of halogens is 3. The van der Waals surface area contributed by atoms with Crippen LogP contribution in [0.1, 0.15) is 17.0 Å². The Morgan fingerprint density at radius 2 is 1.94 bits per heavy atom. The Kier molecular flexibility index (Phi) is 6.53. The van der Waals surface area contributed by atoms with Crippen LogP contribution in [0.5, 0.6) is 0 Å². The van der Waals surface area contributed by atoms with E-state index >= 15 is 0 Å². The van der Waals surface area contributed by atoms with Crippen LogP contribution in [0.25, 0.3) is 0 Å². The van der Waals surface area contributed by atoms with E-state index in [-0.39, 0.29) is 24.8 Å². The summed E-state index contributed by atoms with van der Waals surface area (Å²) in [4.78, 5) is 4.04. The van der Waals surface area contributed by atoms with Crippen molar-refractivity contribution in [2.24, 2.45) is 0 Å². The highest BCUT2D eigenvalue weighted by molar-refractivity contribution is 6.29. The average molecular weight is 295 g/mol. The topological polar surface area (TPSA) is 30.7 Å². The van der Waals surface area contributed by atoms with Gasteiger partial charge in [-0.1, -0.05) is 17.7 Å². The molecule has 0 aliphatic carbocycles. The maximum Gasteiger partial charge on any atom is 0.129 e. The molecule has 0 fully saturated rings. The maximum atomic E-state index is 5.72. The van der Waals surface area contributed by atoms with Gasteiger partial charge in [0.25, 0.3) is 0 Å². The van der Waals surface area contributed by atoms with Gasteiger partial charge >= 0.3 is 0 Å². The normalized spacial score (nSPS) is 9.35. The second-order valence-electron chi connectivity index (χ2n) is 3.57. The molecule has 2 rings (SSSR count). The Labute approximate surface area is 118 Å². The molecule has 0 spiro atoms. The molecule has 0 bridgehead atoms. The molecule has 2 aromatic rings. The van der Waals surface area contributed by atoms with Crippen molar-refractivity contribution in [3.63, 3.8) is 0 Å². The van der Waals surface area contributed by atoms with Crippen LogP contribution in [-0.2, 0) is 6.54 Å². The van der Waals surface area contributed by atoms with Gasteiger partial charge in [-0.15, -0.1) is 24.8 Å². The van der Waals surface area contributed by atoms with Crippen LogP contribution in [0.4, 0.5) is 0 Å². The van der Waals surface area contributed by atoms with Crippen molar-refractivity contribution in [3.8, 4) is 0 Å². The lowest BCUT2D eigenvalue weighted by Crippen LogP contribution is -2.04. The van der Waals surface area contributed by atoms with Crippen LogP contribution < -0.4 is 0 Å². The summed E-state index contributed by atoms with van der Waals surface area (Å²) >= 11 is 5.72. The standard InChI is InChI=1S/C11H12ClN3.2ClH/c1-8-5-9(2)15(14-8)7-10-3-4-11(12)13-6-10;;/h3-6H,7H2,1-2H3;2*1H. The van der Waals surface area contributed by atoms with E-state index in [1.165, 1.54) is 0 Å². The van der Waals surface area contributed by atoms with E-state index in [4.69, 9.17) is 11.6 Å². The number of aromatic nitrogens is 3. The number of rotatable bonds is 2. The van der Waals surface area contributed by atoms with Crippen molar-refractivity contribution in [3.05, 3.63) is 46.5 Å². The third-order valence-electron chi connectivity index (χ3n) is 2.22. The second-order valence-corrected chi connectivity index (χ2v) is 3.96. The minimum atomic E-state index is 0. The van der Waals surface area contributed by atoms with Gasteiger partial charge in [0.15, 0.2) is 0 Å². The lowest BCUT2D eigenvalue weighted by Gasteiger charge is -2.03. The van der Waals surface area contributed by atoms with Crippen molar-refractivity contribution >= 4 is 36.4 Å². The monoisotopic (exact) mass is 293 g/mol. The van der Waals surface area contributed by atoms with Gasteiger partial charge in [0.2, 0.25) is 0 Å². The molecule has 6 heteroatoms. The second kappa shape index (κ2) is 6.84. The lowest BCUT2D eigenvalue weighted by atomic mass is 10.3. The predicted molar refractivity (Wildman–Crippen MR) is 74.5 cm³/mol. The van der Waals surface area contributed by atoms with Gasteiger partial charge in [-0.25, -0.2) is 4.98 Å². The first-order valence-corrected chi connectivity index (χ1v) is 5.14. The fourth-order valence-corrected chi connectivity index (χ4v) is 1.62. The third kappa shape index (κ3) is 4.19. The van der Waals surface area contributed by atoms with Crippen molar-refractivity contribution in [2.75, 3.05) is 0 Å². The molecular formula is C11H14Cl3N3. The molecule has 0 saturated heterocycles. The molecule has 2 heterocycles. The smallest absolute Gasteiger partial charge is 0.129 e. The molecule has 0 radical (unpaired) electrons. The zero-order chi connectivity index (χ0) is 10.8. The van der Waals surface area contributed by atoms with Gasteiger partial charge < -0.3 is 0 Å². The van der Waals surface area contributed by atoms with E-state index in [1.54, 1.807) is 12.3 Å². The third-order valence-corrected chi connectivity index (χ3v) is 2.45. The van der Waals surface area contributed by atoms with Crippen molar-refractivity contribution in [1.82, 2.24) is 14.8 Å². The van der Waals surface area contributed by atoms with Crippen molar-refractivity contribution in [1.29, 1.82) is 0 Å². The molecule has 0 amide bonds. The van der Waals surface area contributed by atoms with Crippen LogP contribution in [0.15, 0.2) is 24.4 Å². The van der Waals surface area contributed by atoms with Crippen LogP contribution in [-0.4, -0.2) is 14.8 Å². The molecule has 2 aromatic heterocycles. The van der Waals surface area contributed by atoms with E-state index in [9.17, 15) is 0 Å². The number of aryl methyl sites for hydroxylation is 2. The predicted octanol–water partition coefficient (Wildman–Crippen LogP) is 3.44. The highest BCUT2D eigenvalue weighted by Gasteiger charge is 2.01. The van der Waals surface area contributed by atoms with Crippen molar-refractivity contribution < 1.29 is 0 Å². The Hall–Kier alpha value is -0.770. The first kappa shape index (κ1) is 16.2. The molecule has 0 atom stereocenters. The van der Waals surface area contributed by atoms with Gasteiger partial charge in [0.1, 0.15) is 5.15 Å². The van der Waals surface area contributed by atoms with E-state index in [0.717, 1.165) is 23.5 Å². The summed E-state index contributed by atoms with van der Waals surface area (Å²) in [6.45, 7) is 4.77. The van der Waals surface area contributed by atoms with E-state index in [2.05, 4.69) is 16.1 Å². The highest BCUT2D eigenvalue weighted by Crippen LogP contribution is 2.09. The van der Waals surface area contributed by atoms with Crippen LogP contribution in [0, 0.1) is 13.8 Å². The molecule has 0 saturated carbocycles. The Bertz CT molecular complexity index is 465. The molecule has 0 aliphatic heterocycles. The fourth-order valence-electron chi connectivity index (χ4n) is 1.51. The first-order chi connectivity index (χ1) is 7.15. The largest absolute Gasteiger partial charge is 0.265 e. The molecule has 94 valence electrons. The maximum absolute atomic E-state index is 5.72. The Morgan fingerprint density at radius 3 is 2.41 bits per heavy atom. The Balaban J connectivity index is 0.00000128. The summed E-state index contributed by atoms with van der Waals surface area (Å²) in [5.74, 6) is 0. The number of hydrogen-bond acceptors (Lipinski definition) is 2. The quantitative estimate of drug-likeness (QED) is 0.794.